The minimum atomic E-state index is 0.337. The van der Waals surface area contributed by atoms with Crippen LogP contribution in [0.2, 0.25) is 0 Å². The van der Waals surface area contributed by atoms with E-state index in [1.807, 2.05) is 6.07 Å². The summed E-state index contributed by atoms with van der Waals surface area (Å²) < 4.78 is 0. The van der Waals surface area contributed by atoms with Crippen LogP contribution in [0.1, 0.15) is 0 Å². The topological polar surface area (TPSA) is 45.6 Å². The summed E-state index contributed by atoms with van der Waals surface area (Å²) in [5.41, 5.74) is 0.545. The molecule has 0 amide bonds. The SMILES string of the molecule is ON(Oc1ccccn1)c1ccccc1. The number of hydrogen-bond acceptors (Lipinski definition) is 4. The fraction of sp³-hybridized carbons (Fsp3) is 0. The molecule has 0 fully saturated rings. The molecule has 0 aliphatic rings. The first kappa shape index (κ1) is 9.48. The highest BCUT2D eigenvalue weighted by Gasteiger charge is 2.04. The normalized spacial score (nSPS) is 9.67. The van der Waals surface area contributed by atoms with Gasteiger partial charge in [0.15, 0.2) is 0 Å². The van der Waals surface area contributed by atoms with Gasteiger partial charge in [0, 0.05) is 12.3 Å². The van der Waals surface area contributed by atoms with Gasteiger partial charge in [-0.3, -0.25) is 5.21 Å². The highest BCUT2D eigenvalue weighted by Crippen LogP contribution is 2.13. The highest BCUT2D eigenvalue weighted by molar-refractivity contribution is 5.41. The lowest BCUT2D eigenvalue weighted by Gasteiger charge is -2.15. The molecule has 4 heteroatoms. The molecule has 0 radical (unpaired) electrons. The number of benzene rings is 1. The van der Waals surface area contributed by atoms with Crippen LogP contribution in [-0.4, -0.2) is 10.2 Å². The molecule has 4 nitrogen and oxygen atoms in total. The minimum Gasteiger partial charge on any atom is -0.333 e. The van der Waals surface area contributed by atoms with Crippen molar-refractivity contribution in [2.75, 3.05) is 5.23 Å². The van der Waals surface area contributed by atoms with Crippen LogP contribution in [0.3, 0.4) is 0 Å². The Kier molecular flexibility index (Phi) is 2.80. The first-order chi connectivity index (χ1) is 7.36. The molecule has 15 heavy (non-hydrogen) atoms. The Morgan fingerprint density at radius 2 is 1.73 bits per heavy atom. The summed E-state index contributed by atoms with van der Waals surface area (Å²) in [4.78, 5) is 9.00. The average Bonchev–Trinajstić information content (AvgIpc) is 2.31. The van der Waals surface area contributed by atoms with Crippen LogP contribution < -0.4 is 10.1 Å². The van der Waals surface area contributed by atoms with Crippen molar-refractivity contribution in [3.8, 4) is 5.88 Å². The van der Waals surface area contributed by atoms with E-state index < -0.39 is 0 Å². The lowest BCUT2D eigenvalue weighted by molar-refractivity contribution is 0.0472. The van der Waals surface area contributed by atoms with Gasteiger partial charge in [-0.05, 0) is 18.2 Å². The van der Waals surface area contributed by atoms with E-state index in [0.29, 0.717) is 16.8 Å². The summed E-state index contributed by atoms with van der Waals surface area (Å²) in [5, 5.41) is 10.2. The van der Waals surface area contributed by atoms with Gasteiger partial charge >= 0.3 is 0 Å². The third-order valence-corrected chi connectivity index (χ3v) is 1.79. The number of pyridine rings is 1. The van der Waals surface area contributed by atoms with E-state index in [9.17, 15) is 5.21 Å². The molecule has 0 atom stereocenters. The molecule has 76 valence electrons. The summed E-state index contributed by atoms with van der Waals surface area (Å²) in [6.45, 7) is 0. The van der Waals surface area contributed by atoms with Crippen molar-refractivity contribution in [1.29, 1.82) is 0 Å². The van der Waals surface area contributed by atoms with Gasteiger partial charge in [0.05, 0.1) is 0 Å². The molecule has 2 aromatic rings. The summed E-state index contributed by atoms with van der Waals surface area (Å²) in [6, 6.07) is 14.1. The smallest absolute Gasteiger partial charge is 0.249 e. The van der Waals surface area contributed by atoms with E-state index in [1.165, 1.54) is 0 Å². The van der Waals surface area contributed by atoms with E-state index in [0.717, 1.165) is 0 Å². The molecule has 1 aromatic heterocycles. The number of aromatic nitrogens is 1. The Bertz CT molecular complexity index is 405. The molecular weight excluding hydrogens is 192 g/mol. The van der Waals surface area contributed by atoms with Crippen LogP contribution in [0.4, 0.5) is 5.69 Å². The standard InChI is InChI=1S/C11H10N2O2/c14-13(10-6-2-1-3-7-10)15-11-8-4-5-9-12-11/h1-9,14H. The molecule has 0 aliphatic carbocycles. The molecule has 1 aromatic carbocycles. The van der Waals surface area contributed by atoms with E-state index in [1.54, 1.807) is 48.7 Å². The second-order valence-electron chi connectivity index (χ2n) is 2.87. The van der Waals surface area contributed by atoms with Crippen LogP contribution in [0.25, 0.3) is 0 Å². The molecule has 0 unspecified atom stereocenters. The van der Waals surface area contributed by atoms with Gasteiger partial charge in [-0.25, -0.2) is 4.98 Å². The van der Waals surface area contributed by atoms with Crippen molar-refractivity contribution in [2.24, 2.45) is 0 Å². The molecule has 0 bridgehead atoms. The maximum atomic E-state index is 9.55. The fourth-order valence-corrected chi connectivity index (χ4v) is 1.10. The number of hydrogen-bond donors (Lipinski definition) is 1. The van der Waals surface area contributed by atoms with Crippen molar-refractivity contribution in [3.05, 3.63) is 54.7 Å². The van der Waals surface area contributed by atoms with Crippen molar-refractivity contribution in [2.45, 2.75) is 0 Å². The first-order valence-corrected chi connectivity index (χ1v) is 4.49. The average molecular weight is 202 g/mol. The second-order valence-corrected chi connectivity index (χ2v) is 2.87. The van der Waals surface area contributed by atoms with Crippen LogP contribution in [0.5, 0.6) is 5.88 Å². The maximum absolute atomic E-state index is 9.55. The lowest BCUT2D eigenvalue weighted by atomic mass is 10.3. The summed E-state index contributed by atoms with van der Waals surface area (Å²) in [5.74, 6) is 0.337. The third-order valence-electron chi connectivity index (χ3n) is 1.79. The molecule has 1 N–H and O–H groups in total. The van der Waals surface area contributed by atoms with Crippen molar-refractivity contribution in [3.63, 3.8) is 0 Å². The maximum Gasteiger partial charge on any atom is 0.249 e. The minimum absolute atomic E-state index is 0.337. The lowest BCUT2D eigenvalue weighted by Crippen LogP contribution is -2.22. The van der Waals surface area contributed by atoms with Crippen molar-refractivity contribution in [1.82, 2.24) is 4.98 Å². The molecule has 0 saturated heterocycles. The Labute approximate surface area is 87.3 Å². The summed E-state index contributed by atoms with van der Waals surface area (Å²) in [6.07, 6.45) is 1.59. The number of para-hydroxylation sites is 1. The van der Waals surface area contributed by atoms with Crippen LogP contribution in [0.15, 0.2) is 54.7 Å². The monoisotopic (exact) mass is 202 g/mol. The van der Waals surface area contributed by atoms with E-state index in [-0.39, 0.29) is 0 Å². The molecule has 0 aliphatic heterocycles. The summed E-state index contributed by atoms with van der Waals surface area (Å²) in [7, 11) is 0. The van der Waals surface area contributed by atoms with E-state index >= 15 is 0 Å². The van der Waals surface area contributed by atoms with Gasteiger partial charge in [-0.1, -0.05) is 29.5 Å². The number of anilines is 1. The van der Waals surface area contributed by atoms with Gasteiger partial charge in [0.2, 0.25) is 5.88 Å². The quantitative estimate of drug-likeness (QED) is 0.775. The third kappa shape index (κ3) is 2.45. The van der Waals surface area contributed by atoms with Gasteiger partial charge in [-0.15, -0.1) is 0 Å². The van der Waals surface area contributed by atoms with Gasteiger partial charge in [-0.2, -0.15) is 0 Å². The first-order valence-electron chi connectivity index (χ1n) is 4.49. The van der Waals surface area contributed by atoms with Gasteiger partial charge in [0.1, 0.15) is 5.69 Å². The van der Waals surface area contributed by atoms with Crippen molar-refractivity contribution >= 4 is 5.69 Å². The Morgan fingerprint density at radius 1 is 1.00 bits per heavy atom. The zero-order valence-electron chi connectivity index (χ0n) is 7.95. The van der Waals surface area contributed by atoms with Crippen LogP contribution in [0, 0.1) is 0 Å². The predicted octanol–water partition coefficient (Wildman–Crippen LogP) is 2.27. The fourth-order valence-electron chi connectivity index (χ4n) is 1.10. The zero-order valence-corrected chi connectivity index (χ0v) is 7.95. The predicted molar refractivity (Wildman–Crippen MR) is 55.6 cm³/mol. The molecule has 0 spiro atoms. The molecule has 1 heterocycles. The van der Waals surface area contributed by atoms with E-state index in [2.05, 4.69) is 4.98 Å². The second kappa shape index (κ2) is 4.43. The molecule has 2 rings (SSSR count). The Morgan fingerprint density at radius 3 is 2.40 bits per heavy atom. The van der Waals surface area contributed by atoms with Crippen molar-refractivity contribution < 1.29 is 10.0 Å². The van der Waals surface area contributed by atoms with Gasteiger partial charge < -0.3 is 4.84 Å². The number of nitrogens with zero attached hydrogens (tertiary/aromatic N) is 2. The molecule has 0 saturated carbocycles. The summed E-state index contributed by atoms with van der Waals surface area (Å²) >= 11 is 0. The number of rotatable bonds is 3. The molecular formula is C11H10N2O2. The van der Waals surface area contributed by atoms with E-state index in [4.69, 9.17) is 4.84 Å². The van der Waals surface area contributed by atoms with Gasteiger partial charge in [0.25, 0.3) is 0 Å². The Hall–Kier alpha value is -2.07. The van der Waals surface area contributed by atoms with Crippen LogP contribution >= 0.6 is 0 Å². The highest BCUT2D eigenvalue weighted by atomic mass is 16.9. The largest absolute Gasteiger partial charge is 0.333 e. The Balaban J connectivity index is 2.08. The van der Waals surface area contributed by atoms with Crippen LogP contribution in [-0.2, 0) is 0 Å². The zero-order chi connectivity index (χ0) is 10.5.